The molecule has 1 N–H and O–H groups in total. The van der Waals surface area contributed by atoms with E-state index in [0.717, 1.165) is 11.6 Å². The van der Waals surface area contributed by atoms with E-state index in [-0.39, 0.29) is 4.47 Å². The molecule has 0 radical (unpaired) electrons. The highest BCUT2D eigenvalue weighted by molar-refractivity contribution is 9.10. The molecule has 3 nitrogen and oxygen atoms in total. The van der Waals surface area contributed by atoms with E-state index in [1.54, 1.807) is 6.92 Å². The summed E-state index contributed by atoms with van der Waals surface area (Å²) < 4.78 is 40.4. The molecule has 0 aliphatic heterocycles. The van der Waals surface area contributed by atoms with Crippen molar-refractivity contribution in [3.63, 3.8) is 0 Å². The van der Waals surface area contributed by atoms with Gasteiger partial charge in [-0.3, -0.25) is 0 Å². The average Bonchev–Trinajstić information content (AvgIpc) is 1.99. The smallest absolute Gasteiger partial charge is 0.166 e. The Morgan fingerprint density at radius 2 is 2.13 bits per heavy atom. The fourth-order valence-electron chi connectivity index (χ4n) is 1.00. The quantitative estimate of drug-likeness (QED) is 0.869. The van der Waals surface area contributed by atoms with Crippen LogP contribution in [0.3, 0.4) is 0 Å². The van der Waals surface area contributed by atoms with Crippen LogP contribution in [0.25, 0.3) is 0 Å². The minimum Gasteiger partial charge on any atom is -0.166 e. The minimum absolute atomic E-state index is 0.129. The van der Waals surface area contributed by atoms with Gasteiger partial charge in [-0.2, -0.15) is 8.78 Å². The van der Waals surface area contributed by atoms with Gasteiger partial charge in [0, 0.05) is 9.04 Å². The van der Waals surface area contributed by atoms with E-state index >= 15 is 0 Å². The molecule has 0 saturated carbocycles. The van der Waals surface area contributed by atoms with Crippen LogP contribution in [-0.2, 0) is 15.2 Å². The van der Waals surface area contributed by atoms with Crippen molar-refractivity contribution in [2.24, 2.45) is 0 Å². The summed E-state index contributed by atoms with van der Waals surface area (Å²) in [6, 6.07) is 4.07. The van der Waals surface area contributed by atoms with Crippen LogP contribution in [0.5, 0.6) is 0 Å². The van der Waals surface area contributed by atoms with Gasteiger partial charge in [-0.15, -0.1) is 4.89 Å². The summed E-state index contributed by atoms with van der Waals surface area (Å²) in [4.78, 5) is 8.29. The molecule has 0 spiro atoms. The number of halogens is 3. The first-order valence-corrected chi connectivity index (χ1v) is 5.75. The van der Waals surface area contributed by atoms with Gasteiger partial charge in [-0.05, 0) is 29.1 Å². The molecular formula is C8H7BrF2O3P+. The molecular weight excluding hydrogens is 293 g/mol. The largest absolute Gasteiger partial charge is 0.701 e. The van der Waals surface area contributed by atoms with Crippen molar-refractivity contribution in [1.82, 2.24) is 0 Å². The third kappa shape index (κ3) is 3.28. The Hall–Kier alpha value is -0.420. The maximum Gasteiger partial charge on any atom is 0.701 e. The molecule has 0 heterocycles. The van der Waals surface area contributed by atoms with Crippen LogP contribution in [0.1, 0.15) is 11.1 Å². The van der Waals surface area contributed by atoms with Crippen molar-refractivity contribution in [3.8, 4) is 0 Å². The number of hydrogen-bond donors (Lipinski definition) is 1. The van der Waals surface area contributed by atoms with E-state index in [0.29, 0.717) is 0 Å². The molecule has 0 aromatic heterocycles. The van der Waals surface area contributed by atoms with E-state index in [1.807, 2.05) is 0 Å². The van der Waals surface area contributed by atoms with E-state index in [1.165, 1.54) is 12.1 Å². The summed E-state index contributed by atoms with van der Waals surface area (Å²) >= 11 is 2.94. The van der Waals surface area contributed by atoms with Crippen molar-refractivity contribution in [2.75, 3.05) is 0 Å². The zero-order valence-electron chi connectivity index (χ0n) is 7.58. The van der Waals surface area contributed by atoms with Crippen LogP contribution in [0.2, 0.25) is 0 Å². The fourth-order valence-corrected chi connectivity index (χ4v) is 2.02. The Kier molecular flexibility index (Phi) is 3.89. The Morgan fingerprint density at radius 3 is 2.60 bits per heavy atom. The standard InChI is InChI=1S/C8H6BrF2O3P/c1-5-2-3-6(7(9)4-5)8(10,11)14-15(12)13/h2-4H,1H3/p+1. The highest BCUT2D eigenvalue weighted by Crippen LogP contribution is 2.40. The average molecular weight is 300 g/mol. The molecule has 1 aromatic carbocycles. The molecule has 82 valence electrons. The zero-order chi connectivity index (χ0) is 11.6. The summed E-state index contributed by atoms with van der Waals surface area (Å²) in [6.07, 6.45) is -3.78. The van der Waals surface area contributed by atoms with Gasteiger partial charge in [-0.25, -0.2) is 0 Å². The normalized spacial score (nSPS) is 12.7. The zero-order valence-corrected chi connectivity index (χ0v) is 10.1. The van der Waals surface area contributed by atoms with E-state index < -0.39 is 19.9 Å². The van der Waals surface area contributed by atoms with Crippen LogP contribution < -0.4 is 0 Å². The molecule has 15 heavy (non-hydrogen) atoms. The van der Waals surface area contributed by atoms with Crippen LogP contribution >= 0.6 is 24.2 Å². The van der Waals surface area contributed by atoms with Gasteiger partial charge < -0.3 is 0 Å². The fraction of sp³-hybridized carbons (Fsp3) is 0.250. The Labute approximate surface area is 94.1 Å². The third-order valence-electron chi connectivity index (χ3n) is 1.63. The van der Waals surface area contributed by atoms with Crippen molar-refractivity contribution < 1.29 is 22.8 Å². The molecule has 7 heteroatoms. The molecule has 0 aliphatic rings. The van der Waals surface area contributed by atoms with Crippen LogP contribution in [0, 0.1) is 6.92 Å². The molecule has 0 bridgehead atoms. The summed E-state index contributed by atoms with van der Waals surface area (Å²) in [5.41, 5.74) is 0.306. The van der Waals surface area contributed by atoms with Gasteiger partial charge in [0.1, 0.15) is 0 Å². The molecule has 0 amide bonds. The van der Waals surface area contributed by atoms with Crippen molar-refractivity contribution in [3.05, 3.63) is 33.8 Å². The Morgan fingerprint density at radius 1 is 1.53 bits per heavy atom. The maximum absolute atomic E-state index is 13.2. The van der Waals surface area contributed by atoms with E-state index in [9.17, 15) is 13.3 Å². The lowest BCUT2D eigenvalue weighted by molar-refractivity contribution is -0.186. The molecule has 1 atom stereocenters. The van der Waals surface area contributed by atoms with Gasteiger partial charge in [0.2, 0.25) is 0 Å². The number of aryl methyl sites for hydroxylation is 1. The highest BCUT2D eigenvalue weighted by atomic mass is 79.9. The van der Waals surface area contributed by atoms with Crippen LogP contribution in [0.15, 0.2) is 22.7 Å². The van der Waals surface area contributed by atoms with Crippen molar-refractivity contribution >= 4 is 24.2 Å². The molecule has 0 saturated heterocycles. The minimum atomic E-state index is -3.78. The summed E-state index contributed by atoms with van der Waals surface area (Å²) in [5, 5.41) is 0. The monoisotopic (exact) mass is 299 g/mol. The third-order valence-corrected chi connectivity index (χ3v) is 2.67. The molecule has 0 fully saturated rings. The van der Waals surface area contributed by atoms with Gasteiger partial charge >= 0.3 is 14.4 Å². The Balaban J connectivity index is 3.09. The second kappa shape index (κ2) is 4.61. The highest BCUT2D eigenvalue weighted by Gasteiger charge is 2.44. The Bertz CT molecular complexity index is 397. The van der Waals surface area contributed by atoms with Gasteiger partial charge in [0.15, 0.2) is 0 Å². The molecule has 1 unspecified atom stereocenters. The summed E-state index contributed by atoms with van der Waals surface area (Å²) in [5.74, 6) is 0. The predicted molar refractivity (Wildman–Crippen MR) is 53.7 cm³/mol. The first-order valence-electron chi connectivity index (χ1n) is 3.82. The number of rotatable bonds is 3. The number of hydrogen-bond acceptors (Lipinski definition) is 2. The second-order valence-corrected chi connectivity index (χ2v) is 4.34. The summed E-state index contributed by atoms with van der Waals surface area (Å²) in [7, 11) is -3.35. The van der Waals surface area contributed by atoms with Gasteiger partial charge in [-0.1, -0.05) is 22.0 Å². The predicted octanol–water partition coefficient (Wildman–Crippen LogP) is 3.47. The molecule has 1 rings (SSSR count). The molecule has 0 aliphatic carbocycles. The second-order valence-electron chi connectivity index (χ2n) is 2.83. The van der Waals surface area contributed by atoms with Gasteiger partial charge in [0.25, 0.3) is 0 Å². The number of alkyl halides is 2. The van der Waals surface area contributed by atoms with Crippen molar-refractivity contribution in [2.45, 2.75) is 13.0 Å². The topological polar surface area (TPSA) is 46.5 Å². The van der Waals surface area contributed by atoms with Crippen molar-refractivity contribution in [1.29, 1.82) is 0 Å². The van der Waals surface area contributed by atoms with E-state index in [4.69, 9.17) is 4.89 Å². The van der Waals surface area contributed by atoms with E-state index in [2.05, 4.69) is 20.5 Å². The van der Waals surface area contributed by atoms with Crippen LogP contribution in [0.4, 0.5) is 8.78 Å². The number of benzene rings is 1. The maximum atomic E-state index is 13.2. The van der Waals surface area contributed by atoms with Gasteiger partial charge in [0.05, 0.1) is 5.56 Å². The lowest BCUT2D eigenvalue weighted by atomic mass is 10.1. The summed E-state index contributed by atoms with van der Waals surface area (Å²) in [6.45, 7) is 1.74. The van der Waals surface area contributed by atoms with Crippen LogP contribution in [-0.4, -0.2) is 4.89 Å². The first-order chi connectivity index (χ1) is 6.83. The lowest BCUT2D eigenvalue weighted by Crippen LogP contribution is -2.15. The molecule has 1 aromatic rings. The SMILES string of the molecule is Cc1ccc(C(F)(F)O[P+](=O)O)c(Br)c1. The first kappa shape index (κ1) is 12.6. The lowest BCUT2D eigenvalue weighted by Gasteiger charge is -2.11.